The fourth-order valence-electron chi connectivity index (χ4n) is 3.30. The van der Waals surface area contributed by atoms with E-state index >= 15 is 0 Å². The normalized spacial score (nSPS) is 14.1. The maximum atomic E-state index is 12.7. The molecular weight excluding hydrogens is 429 g/mol. The Morgan fingerprint density at radius 2 is 1.66 bits per heavy atom. The molecule has 2 aromatic carbocycles. The van der Waals surface area contributed by atoms with Crippen LogP contribution in [0.4, 0.5) is 5.69 Å². The third kappa shape index (κ3) is 5.92. The Morgan fingerprint density at radius 1 is 0.931 bits per heavy atom. The molecule has 152 valence electrons. The van der Waals surface area contributed by atoms with Crippen molar-refractivity contribution < 1.29 is 9.59 Å². The lowest BCUT2D eigenvalue weighted by Gasteiger charge is -2.23. The van der Waals surface area contributed by atoms with E-state index in [0.717, 1.165) is 25.7 Å². The van der Waals surface area contributed by atoms with E-state index in [-0.39, 0.29) is 27.6 Å². The first-order chi connectivity index (χ1) is 13.9. The van der Waals surface area contributed by atoms with Gasteiger partial charge in [0.1, 0.15) is 0 Å². The summed E-state index contributed by atoms with van der Waals surface area (Å²) in [7, 11) is 0. The average molecular weight is 450 g/mol. The Balaban J connectivity index is 1.65. The van der Waals surface area contributed by atoms with Gasteiger partial charge in [0.25, 0.3) is 11.8 Å². The number of rotatable bonds is 4. The van der Waals surface area contributed by atoms with Gasteiger partial charge >= 0.3 is 0 Å². The maximum Gasteiger partial charge on any atom is 0.258 e. The van der Waals surface area contributed by atoms with Crippen LogP contribution >= 0.6 is 35.4 Å². The number of thiocarbonyl (C=S) groups is 1. The van der Waals surface area contributed by atoms with E-state index in [1.165, 1.54) is 18.6 Å². The summed E-state index contributed by atoms with van der Waals surface area (Å²) in [4.78, 5) is 25.1. The third-order valence-electron chi connectivity index (χ3n) is 4.76. The van der Waals surface area contributed by atoms with Crippen molar-refractivity contribution in [1.29, 1.82) is 0 Å². The van der Waals surface area contributed by atoms with E-state index in [1.54, 1.807) is 30.3 Å². The van der Waals surface area contributed by atoms with Crippen molar-refractivity contribution in [3.8, 4) is 0 Å². The van der Waals surface area contributed by atoms with Gasteiger partial charge in [-0.25, -0.2) is 0 Å². The summed E-state index contributed by atoms with van der Waals surface area (Å²) in [6.45, 7) is 0. The number of hydrogen-bond acceptors (Lipinski definition) is 3. The molecule has 3 rings (SSSR count). The van der Waals surface area contributed by atoms with Crippen LogP contribution in [0, 0.1) is 0 Å². The SMILES string of the molecule is O=C(NC(=S)Nc1ccccc1C(=O)NC1CCCCC1)c1ccc(Cl)cc1Cl. The number of anilines is 1. The van der Waals surface area contributed by atoms with Crippen LogP contribution < -0.4 is 16.0 Å². The molecule has 0 radical (unpaired) electrons. The predicted molar refractivity (Wildman–Crippen MR) is 121 cm³/mol. The van der Waals surface area contributed by atoms with Crippen molar-refractivity contribution in [2.24, 2.45) is 0 Å². The lowest BCUT2D eigenvalue weighted by atomic mass is 9.95. The highest BCUT2D eigenvalue weighted by Crippen LogP contribution is 2.22. The molecule has 0 spiro atoms. The number of nitrogens with one attached hydrogen (secondary N) is 3. The van der Waals surface area contributed by atoms with E-state index in [9.17, 15) is 9.59 Å². The van der Waals surface area contributed by atoms with Crippen LogP contribution in [0.2, 0.25) is 10.0 Å². The number of carbonyl (C=O) groups excluding carboxylic acids is 2. The molecule has 0 aromatic heterocycles. The standard InChI is InChI=1S/C21H21Cl2N3O2S/c22-13-10-11-15(17(23)12-13)19(27)26-21(29)25-18-9-5-4-8-16(18)20(28)24-14-6-2-1-3-7-14/h4-5,8-12,14H,1-3,6-7H2,(H,24,28)(H2,25,26,27,29). The first kappa shape index (κ1) is 21.6. The highest BCUT2D eigenvalue weighted by Gasteiger charge is 2.19. The molecular formula is C21H21Cl2N3O2S. The molecule has 1 aliphatic carbocycles. The van der Waals surface area contributed by atoms with Crippen molar-refractivity contribution in [2.75, 3.05) is 5.32 Å². The smallest absolute Gasteiger partial charge is 0.258 e. The average Bonchev–Trinajstić information content (AvgIpc) is 2.69. The van der Waals surface area contributed by atoms with Crippen LogP contribution in [0.1, 0.15) is 52.8 Å². The van der Waals surface area contributed by atoms with Gasteiger partial charge in [-0.05, 0) is 55.4 Å². The molecule has 29 heavy (non-hydrogen) atoms. The van der Waals surface area contributed by atoms with Gasteiger partial charge in [0.15, 0.2) is 5.11 Å². The Morgan fingerprint density at radius 3 is 2.38 bits per heavy atom. The van der Waals surface area contributed by atoms with Gasteiger partial charge in [-0.2, -0.15) is 0 Å². The fraction of sp³-hybridized carbons (Fsp3) is 0.286. The first-order valence-corrected chi connectivity index (χ1v) is 10.6. The summed E-state index contributed by atoms with van der Waals surface area (Å²) in [5.74, 6) is -0.622. The van der Waals surface area contributed by atoms with Gasteiger partial charge in [0.2, 0.25) is 0 Å². The quantitative estimate of drug-likeness (QED) is 0.562. The Labute approximate surface area is 185 Å². The zero-order valence-corrected chi connectivity index (χ0v) is 18.0. The Hall–Kier alpha value is -2.15. The molecule has 2 amide bonds. The second-order valence-corrected chi connectivity index (χ2v) is 8.14. The highest BCUT2D eigenvalue weighted by atomic mass is 35.5. The number of benzene rings is 2. The zero-order chi connectivity index (χ0) is 20.8. The molecule has 3 N–H and O–H groups in total. The molecule has 0 unspecified atom stereocenters. The van der Waals surface area contributed by atoms with Gasteiger partial charge in [-0.15, -0.1) is 0 Å². The lowest BCUT2D eigenvalue weighted by Crippen LogP contribution is -2.37. The minimum atomic E-state index is -0.465. The van der Waals surface area contributed by atoms with Crippen LogP contribution in [-0.4, -0.2) is 23.0 Å². The molecule has 2 aromatic rings. The van der Waals surface area contributed by atoms with E-state index < -0.39 is 5.91 Å². The van der Waals surface area contributed by atoms with Crippen molar-refractivity contribution in [3.63, 3.8) is 0 Å². The van der Waals surface area contributed by atoms with Crippen LogP contribution in [0.3, 0.4) is 0 Å². The molecule has 0 bridgehead atoms. The fourth-order valence-corrected chi connectivity index (χ4v) is 3.99. The number of carbonyl (C=O) groups is 2. The van der Waals surface area contributed by atoms with Gasteiger partial charge in [-0.3, -0.25) is 14.9 Å². The largest absolute Gasteiger partial charge is 0.349 e. The highest BCUT2D eigenvalue weighted by molar-refractivity contribution is 7.80. The molecule has 5 nitrogen and oxygen atoms in total. The Bertz CT molecular complexity index is 930. The molecule has 0 heterocycles. The molecule has 0 saturated heterocycles. The second kappa shape index (κ2) is 10.1. The van der Waals surface area contributed by atoms with E-state index in [4.69, 9.17) is 35.4 Å². The van der Waals surface area contributed by atoms with Crippen molar-refractivity contribution in [2.45, 2.75) is 38.1 Å². The van der Waals surface area contributed by atoms with E-state index in [2.05, 4.69) is 16.0 Å². The predicted octanol–water partition coefficient (Wildman–Crippen LogP) is 5.18. The van der Waals surface area contributed by atoms with Gasteiger partial charge in [0.05, 0.1) is 21.8 Å². The van der Waals surface area contributed by atoms with Crippen LogP contribution in [0.15, 0.2) is 42.5 Å². The Kier molecular flexibility index (Phi) is 7.47. The van der Waals surface area contributed by atoms with Crippen molar-refractivity contribution in [1.82, 2.24) is 10.6 Å². The van der Waals surface area contributed by atoms with Crippen LogP contribution in [0.25, 0.3) is 0 Å². The van der Waals surface area contributed by atoms with Gasteiger partial charge in [-0.1, -0.05) is 54.6 Å². The van der Waals surface area contributed by atoms with Crippen LogP contribution in [-0.2, 0) is 0 Å². The monoisotopic (exact) mass is 449 g/mol. The summed E-state index contributed by atoms with van der Waals surface area (Å²) < 4.78 is 0. The van der Waals surface area contributed by atoms with Crippen LogP contribution in [0.5, 0.6) is 0 Å². The maximum absolute atomic E-state index is 12.7. The van der Waals surface area contributed by atoms with E-state index in [0.29, 0.717) is 16.3 Å². The summed E-state index contributed by atoms with van der Waals surface area (Å²) in [6, 6.07) is 11.8. The first-order valence-electron chi connectivity index (χ1n) is 9.41. The summed E-state index contributed by atoms with van der Waals surface area (Å²) in [6.07, 6.45) is 5.48. The number of halogens is 2. The topological polar surface area (TPSA) is 70.2 Å². The van der Waals surface area contributed by atoms with Crippen molar-refractivity contribution >= 4 is 58.0 Å². The summed E-state index contributed by atoms with van der Waals surface area (Å²) in [5, 5.41) is 9.32. The van der Waals surface area contributed by atoms with Gasteiger partial charge in [0, 0.05) is 11.1 Å². The molecule has 0 atom stereocenters. The molecule has 1 fully saturated rings. The van der Waals surface area contributed by atoms with Crippen molar-refractivity contribution in [3.05, 3.63) is 63.6 Å². The molecule has 8 heteroatoms. The lowest BCUT2D eigenvalue weighted by molar-refractivity contribution is 0.0927. The summed E-state index contributed by atoms with van der Waals surface area (Å²) in [5.41, 5.74) is 1.25. The number of hydrogen-bond donors (Lipinski definition) is 3. The molecule has 0 aliphatic heterocycles. The number of para-hydroxylation sites is 1. The third-order valence-corrected chi connectivity index (χ3v) is 5.52. The summed E-state index contributed by atoms with van der Waals surface area (Å²) >= 11 is 17.2. The second-order valence-electron chi connectivity index (χ2n) is 6.89. The minimum absolute atomic E-state index is 0.0685. The van der Waals surface area contributed by atoms with E-state index in [1.807, 2.05) is 0 Å². The number of amides is 2. The minimum Gasteiger partial charge on any atom is -0.349 e. The van der Waals surface area contributed by atoms with Gasteiger partial charge < -0.3 is 10.6 Å². The zero-order valence-electron chi connectivity index (χ0n) is 15.6. The molecule has 1 saturated carbocycles. The molecule has 1 aliphatic rings.